The molecule has 1 atom stereocenters. The number of hydrogen-bond acceptors (Lipinski definition) is 1. The van der Waals surface area contributed by atoms with Crippen LogP contribution in [-0.4, -0.2) is 29.1 Å². The van der Waals surface area contributed by atoms with Crippen LogP contribution in [0.2, 0.25) is 0 Å². The Morgan fingerprint density at radius 2 is 2.12 bits per heavy atom. The molecule has 1 aliphatic rings. The van der Waals surface area contributed by atoms with E-state index in [0.29, 0.717) is 6.04 Å². The summed E-state index contributed by atoms with van der Waals surface area (Å²) in [5, 5.41) is 1.37. The van der Waals surface area contributed by atoms with Crippen LogP contribution in [0, 0.1) is 6.92 Å². The lowest BCUT2D eigenvalue weighted by molar-refractivity contribution is 0.283. The van der Waals surface area contributed by atoms with Gasteiger partial charge >= 0.3 is 0 Å². The molecular formula is C15H20N2. The number of hydrogen-bond donors (Lipinski definition) is 0. The van der Waals surface area contributed by atoms with Crippen LogP contribution in [0.25, 0.3) is 10.9 Å². The first kappa shape index (κ1) is 10.8. The van der Waals surface area contributed by atoms with E-state index in [1.54, 1.807) is 0 Å². The predicted molar refractivity (Wildman–Crippen MR) is 72.3 cm³/mol. The minimum atomic E-state index is 0.713. The van der Waals surface area contributed by atoms with E-state index in [1.807, 2.05) is 0 Å². The second-order valence-corrected chi connectivity index (χ2v) is 5.23. The van der Waals surface area contributed by atoms with E-state index >= 15 is 0 Å². The zero-order valence-corrected chi connectivity index (χ0v) is 10.7. The number of likely N-dealkylation sites (tertiary alicyclic amines) is 1. The fourth-order valence-corrected chi connectivity index (χ4v) is 3.01. The summed E-state index contributed by atoms with van der Waals surface area (Å²) in [6.45, 7) is 4.60. The van der Waals surface area contributed by atoms with Crippen molar-refractivity contribution < 1.29 is 0 Å². The van der Waals surface area contributed by atoms with Gasteiger partial charge in [-0.25, -0.2) is 0 Å². The van der Waals surface area contributed by atoms with Crippen LogP contribution in [0.1, 0.15) is 18.5 Å². The van der Waals surface area contributed by atoms with Crippen molar-refractivity contribution in [2.45, 2.75) is 32.4 Å². The predicted octanol–water partition coefficient (Wildman–Crippen LogP) is 3.04. The molecule has 0 spiro atoms. The molecule has 0 aliphatic carbocycles. The van der Waals surface area contributed by atoms with Gasteiger partial charge in [0.2, 0.25) is 0 Å². The SMILES string of the molecule is Cc1cc2ccccc2n1C[C@H]1CCCN1C. The van der Waals surface area contributed by atoms with Crippen LogP contribution < -0.4 is 0 Å². The Bertz CT molecular complexity index is 527. The van der Waals surface area contributed by atoms with E-state index in [9.17, 15) is 0 Å². The van der Waals surface area contributed by atoms with E-state index in [0.717, 1.165) is 6.54 Å². The van der Waals surface area contributed by atoms with Crippen molar-refractivity contribution in [3.63, 3.8) is 0 Å². The Labute approximate surface area is 103 Å². The molecule has 2 aromatic rings. The number of aryl methyl sites for hydroxylation is 1. The van der Waals surface area contributed by atoms with Crippen molar-refractivity contribution in [1.82, 2.24) is 9.47 Å². The van der Waals surface area contributed by atoms with Crippen LogP contribution >= 0.6 is 0 Å². The van der Waals surface area contributed by atoms with Gasteiger partial charge in [0, 0.05) is 23.8 Å². The summed E-state index contributed by atoms with van der Waals surface area (Å²) in [6, 6.07) is 11.7. The minimum absolute atomic E-state index is 0.713. The normalized spacial score (nSPS) is 21.4. The van der Waals surface area contributed by atoms with E-state index < -0.39 is 0 Å². The number of likely N-dealkylation sites (N-methyl/N-ethyl adjacent to an activating group) is 1. The lowest BCUT2D eigenvalue weighted by Gasteiger charge is -2.21. The molecule has 1 fully saturated rings. The monoisotopic (exact) mass is 228 g/mol. The van der Waals surface area contributed by atoms with Gasteiger partial charge in [-0.3, -0.25) is 0 Å². The third-order valence-corrected chi connectivity index (χ3v) is 4.08. The van der Waals surface area contributed by atoms with Crippen molar-refractivity contribution >= 4 is 10.9 Å². The smallest absolute Gasteiger partial charge is 0.0482 e. The highest BCUT2D eigenvalue weighted by Gasteiger charge is 2.22. The summed E-state index contributed by atoms with van der Waals surface area (Å²) >= 11 is 0. The molecule has 0 radical (unpaired) electrons. The molecule has 0 amide bonds. The molecule has 3 rings (SSSR count). The fraction of sp³-hybridized carbons (Fsp3) is 0.467. The number of aromatic nitrogens is 1. The van der Waals surface area contributed by atoms with E-state index in [1.165, 1.54) is 36.0 Å². The molecule has 1 aliphatic heterocycles. The first-order valence-electron chi connectivity index (χ1n) is 6.51. The molecule has 2 heteroatoms. The van der Waals surface area contributed by atoms with Crippen molar-refractivity contribution in [3.05, 3.63) is 36.0 Å². The second-order valence-electron chi connectivity index (χ2n) is 5.23. The quantitative estimate of drug-likeness (QED) is 0.767. The van der Waals surface area contributed by atoms with Gasteiger partial charge in [-0.15, -0.1) is 0 Å². The van der Waals surface area contributed by atoms with Crippen molar-refractivity contribution in [3.8, 4) is 0 Å². The van der Waals surface area contributed by atoms with E-state index in [4.69, 9.17) is 0 Å². The Balaban J connectivity index is 1.96. The van der Waals surface area contributed by atoms with Gasteiger partial charge in [-0.05, 0) is 50.9 Å². The minimum Gasteiger partial charge on any atom is -0.343 e. The van der Waals surface area contributed by atoms with E-state index in [-0.39, 0.29) is 0 Å². The summed E-state index contributed by atoms with van der Waals surface area (Å²) in [4.78, 5) is 2.49. The fourth-order valence-electron chi connectivity index (χ4n) is 3.01. The van der Waals surface area contributed by atoms with Gasteiger partial charge in [0.15, 0.2) is 0 Å². The topological polar surface area (TPSA) is 8.17 Å². The van der Waals surface area contributed by atoms with Crippen molar-refractivity contribution in [2.24, 2.45) is 0 Å². The largest absolute Gasteiger partial charge is 0.343 e. The summed E-state index contributed by atoms with van der Waals surface area (Å²) < 4.78 is 2.47. The summed E-state index contributed by atoms with van der Waals surface area (Å²) in [5.41, 5.74) is 2.76. The number of rotatable bonds is 2. The molecule has 1 saturated heterocycles. The number of nitrogens with zero attached hydrogens (tertiary/aromatic N) is 2. The first-order chi connectivity index (χ1) is 8.25. The average Bonchev–Trinajstić information content (AvgIpc) is 2.85. The number of benzene rings is 1. The lowest BCUT2D eigenvalue weighted by Crippen LogP contribution is -2.29. The average molecular weight is 228 g/mol. The first-order valence-corrected chi connectivity index (χ1v) is 6.51. The maximum atomic E-state index is 2.49. The Morgan fingerprint density at radius 1 is 1.29 bits per heavy atom. The Hall–Kier alpha value is -1.28. The van der Waals surface area contributed by atoms with Gasteiger partial charge in [-0.1, -0.05) is 18.2 Å². The van der Waals surface area contributed by atoms with Crippen LogP contribution in [-0.2, 0) is 6.54 Å². The van der Waals surface area contributed by atoms with Crippen LogP contribution in [0.4, 0.5) is 0 Å². The number of fused-ring (bicyclic) bond motifs is 1. The molecule has 0 saturated carbocycles. The highest BCUT2D eigenvalue weighted by atomic mass is 15.2. The standard InChI is InChI=1S/C15H20N2/c1-12-10-13-6-3-4-8-15(13)17(12)11-14-7-5-9-16(14)2/h3-4,6,8,10,14H,5,7,9,11H2,1-2H3/t14-/m1/s1. The maximum Gasteiger partial charge on any atom is 0.0482 e. The third kappa shape index (κ3) is 1.87. The van der Waals surface area contributed by atoms with Crippen LogP contribution in [0.5, 0.6) is 0 Å². The molecule has 2 nitrogen and oxygen atoms in total. The third-order valence-electron chi connectivity index (χ3n) is 4.08. The second kappa shape index (κ2) is 4.19. The molecule has 2 heterocycles. The van der Waals surface area contributed by atoms with Crippen LogP contribution in [0.15, 0.2) is 30.3 Å². The lowest BCUT2D eigenvalue weighted by atomic mass is 10.2. The molecule has 0 bridgehead atoms. The van der Waals surface area contributed by atoms with Crippen molar-refractivity contribution in [1.29, 1.82) is 0 Å². The van der Waals surface area contributed by atoms with Crippen LogP contribution in [0.3, 0.4) is 0 Å². The summed E-state index contributed by atoms with van der Waals surface area (Å²) in [6.07, 6.45) is 2.68. The zero-order valence-electron chi connectivity index (χ0n) is 10.7. The van der Waals surface area contributed by atoms with Gasteiger partial charge in [0.1, 0.15) is 0 Å². The zero-order chi connectivity index (χ0) is 11.8. The summed E-state index contributed by atoms with van der Waals surface area (Å²) in [7, 11) is 2.25. The number of para-hydroxylation sites is 1. The molecule has 1 aromatic heterocycles. The molecule has 1 aromatic carbocycles. The maximum absolute atomic E-state index is 2.49. The van der Waals surface area contributed by atoms with Gasteiger partial charge in [-0.2, -0.15) is 0 Å². The van der Waals surface area contributed by atoms with Gasteiger partial charge < -0.3 is 9.47 Å². The molecule has 17 heavy (non-hydrogen) atoms. The Kier molecular flexibility index (Phi) is 2.67. The van der Waals surface area contributed by atoms with Gasteiger partial charge in [0.05, 0.1) is 0 Å². The van der Waals surface area contributed by atoms with E-state index in [2.05, 4.69) is 53.8 Å². The highest BCUT2D eigenvalue weighted by molar-refractivity contribution is 5.81. The van der Waals surface area contributed by atoms with Crippen molar-refractivity contribution in [2.75, 3.05) is 13.6 Å². The highest BCUT2D eigenvalue weighted by Crippen LogP contribution is 2.23. The Morgan fingerprint density at radius 3 is 2.88 bits per heavy atom. The molecule has 90 valence electrons. The summed E-state index contributed by atoms with van der Waals surface area (Å²) in [5.74, 6) is 0. The van der Waals surface area contributed by atoms with Gasteiger partial charge in [0.25, 0.3) is 0 Å². The molecule has 0 N–H and O–H groups in total. The molecular weight excluding hydrogens is 208 g/mol. The molecule has 0 unspecified atom stereocenters.